The molecule has 118 valence electrons. The van der Waals surface area contributed by atoms with Crippen LogP contribution in [-0.4, -0.2) is 11.1 Å². The Morgan fingerprint density at radius 3 is 2.61 bits per heavy atom. The molecule has 2 rings (SSSR count). The first-order valence-electron chi connectivity index (χ1n) is 6.88. The number of azide groups is 1. The number of allylic oxidation sites excluding steroid dienone is 1. The van der Waals surface area contributed by atoms with Gasteiger partial charge in [-0.3, -0.25) is 0 Å². The van der Waals surface area contributed by atoms with Gasteiger partial charge in [-0.05, 0) is 63.5 Å². The van der Waals surface area contributed by atoms with Gasteiger partial charge in [0.1, 0.15) is 5.70 Å². The van der Waals surface area contributed by atoms with Gasteiger partial charge in [0.15, 0.2) is 0 Å². The maximum Gasteiger partial charge on any atom is 0.338 e. The smallest absolute Gasteiger partial charge is 0.338 e. The summed E-state index contributed by atoms with van der Waals surface area (Å²) in [6, 6.07) is 7.51. The Morgan fingerprint density at radius 1 is 1.35 bits per heavy atom. The molecule has 1 aromatic carbocycles. The van der Waals surface area contributed by atoms with Gasteiger partial charge in [-0.2, -0.15) is 11.3 Å². The average molecular weight is 348 g/mol. The number of nitrogens with zero attached hydrogens (tertiary/aromatic N) is 3. The summed E-state index contributed by atoms with van der Waals surface area (Å²) in [5.41, 5.74) is 11.8. The van der Waals surface area contributed by atoms with Crippen LogP contribution in [0.15, 0.2) is 45.8 Å². The molecule has 0 fully saturated rings. The summed E-state index contributed by atoms with van der Waals surface area (Å²) in [6.07, 6.45) is 1.12. The number of halogens is 1. The summed E-state index contributed by atoms with van der Waals surface area (Å²) in [5, 5.41) is 17.2. The third-order valence-corrected chi connectivity index (χ3v) is 4.41. The van der Waals surface area contributed by atoms with Gasteiger partial charge in [0.05, 0.1) is 0 Å². The minimum atomic E-state index is -1.22. The lowest BCUT2D eigenvalue weighted by Crippen LogP contribution is -2.02. The fraction of sp³-hybridized carbons (Fsp3) is 0.188. The third-order valence-electron chi connectivity index (χ3n) is 3.36. The molecule has 1 aromatic heterocycles. The molecule has 5 nitrogen and oxygen atoms in total. The van der Waals surface area contributed by atoms with E-state index in [1.165, 1.54) is 11.3 Å². The lowest BCUT2D eigenvalue weighted by molar-refractivity contribution is -0.132. The Kier molecular flexibility index (Phi) is 5.82. The van der Waals surface area contributed by atoms with E-state index in [0.717, 1.165) is 16.7 Å². The van der Waals surface area contributed by atoms with Crippen molar-refractivity contribution in [2.75, 3.05) is 0 Å². The van der Waals surface area contributed by atoms with Gasteiger partial charge in [0, 0.05) is 9.93 Å². The maximum absolute atomic E-state index is 11.4. The second-order valence-corrected chi connectivity index (χ2v) is 5.97. The normalized spacial score (nSPS) is 11.6. The number of carboxylic acid groups (broad SMARTS) is 1. The Labute approximate surface area is 142 Å². The second-order valence-electron chi connectivity index (χ2n) is 4.79. The quantitative estimate of drug-likeness (QED) is 0.323. The molecule has 0 saturated carbocycles. The Hall–Kier alpha value is -2.27. The van der Waals surface area contributed by atoms with Crippen molar-refractivity contribution < 1.29 is 9.90 Å². The third kappa shape index (κ3) is 4.13. The van der Waals surface area contributed by atoms with E-state index in [4.69, 9.17) is 17.1 Å². The van der Waals surface area contributed by atoms with Crippen LogP contribution < -0.4 is 0 Å². The average Bonchev–Trinajstić information content (AvgIpc) is 2.97. The number of benzene rings is 1. The molecule has 0 saturated heterocycles. The molecule has 2 aromatic rings. The number of aliphatic carboxylic acids is 1. The molecule has 0 amide bonds. The van der Waals surface area contributed by atoms with E-state index in [9.17, 15) is 9.90 Å². The van der Waals surface area contributed by atoms with Gasteiger partial charge in [-0.1, -0.05) is 35.8 Å². The molecular formula is C16H14ClN3O2S. The summed E-state index contributed by atoms with van der Waals surface area (Å²) in [6.45, 7) is 1.84. The highest BCUT2D eigenvalue weighted by Gasteiger charge is 2.17. The summed E-state index contributed by atoms with van der Waals surface area (Å²) < 4.78 is 0. The Bertz CT molecular complexity index is 786. The van der Waals surface area contributed by atoms with Crippen molar-refractivity contribution in [3.05, 3.63) is 72.9 Å². The lowest BCUT2D eigenvalue weighted by atomic mass is 9.96. The van der Waals surface area contributed by atoms with E-state index in [0.29, 0.717) is 23.4 Å². The highest BCUT2D eigenvalue weighted by atomic mass is 35.5. The largest absolute Gasteiger partial charge is 0.478 e. The fourth-order valence-electron chi connectivity index (χ4n) is 2.31. The van der Waals surface area contributed by atoms with Gasteiger partial charge in [-0.15, -0.1) is 0 Å². The van der Waals surface area contributed by atoms with Gasteiger partial charge in [0.2, 0.25) is 0 Å². The van der Waals surface area contributed by atoms with Crippen LogP contribution in [0, 0.1) is 0 Å². The van der Waals surface area contributed by atoms with Crippen molar-refractivity contribution in [2.24, 2.45) is 5.11 Å². The number of carboxylic acids is 1. The van der Waals surface area contributed by atoms with Crippen molar-refractivity contribution in [3.8, 4) is 0 Å². The minimum Gasteiger partial charge on any atom is -0.478 e. The molecule has 7 heteroatoms. The highest BCUT2D eigenvalue weighted by molar-refractivity contribution is 7.08. The van der Waals surface area contributed by atoms with Crippen molar-refractivity contribution in [3.63, 3.8) is 0 Å². The van der Waals surface area contributed by atoms with E-state index in [1.54, 1.807) is 0 Å². The van der Waals surface area contributed by atoms with Crippen LogP contribution in [0.25, 0.3) is 16.0 Å². The van der Waals surface area contributed by atoms with Gasteiger partial charge in [0.25, 0.3) is 0 Å². The first-order chi connectivity index (χ1) is 11.1. The SMILES string of the molecule is CCC(=C(N=[N+]=[N-])C(=O)O)c1cscc1Cc1ccc(Cl)cc1. The Balaban J connectivity index is 2.46. The van der Waals surface area contributed by atoms with E-state index in [-0.39, 0.29) is 5.70 Å². The van der Waals surface area contributed by atoms with Crippen LogP contribution in [0.2, 0.25) is 5.02 Å². The number of thiophene rings is 1. The molecule has 0 unspecified atom stereocenters. The van der Waals surface area contributed by atoms with Crippen LogP contribution in [0.5, 0.6) is 0 Å². The monoisotopic (exact) mass is 347 g/mol. The molecule has 0 aliphatic carbocycles. The number of carbonyl (C=O) groups is 1. The van der Waals surface area contributed by atoms with Gasteiger partial charge in [-0.25, -0.2) is 4.79 Å². The van der Waals surface area contributed by atoms with Crippen LogP contribution in [-0.2, 0) is 11.2 Å². The van der Waals surface area contributed by atoms with Crippen molar-refractivity contribution in [2.45, 2.75) is 19.8 Å². The summed E-state index contributed by atoms with van der Waals surface area (Å²) >= 11 is 7.38. The summed E-state index contributed by atoms with van der Waals surface area (Å²) in [5.74, 6) is -1.22. The van der Waals surface area contributed by atoms with Gasteiger partial charge < -0.3 is 5.11 Å². The van der Waals surface area contributed by atoms with Crippen molar-refractivity contribution in [1.29, 1.82) is 0 Å². The summed E-state index contributed by atoms with van der Waals surface area (Å²) in [7, 11) is 0. The topological polar surface area (TPSA) is 86.1 Å². The van der Waals surface area contributed by atoms with E-state index in [1.807, 2.05) is 41.9 Å². The molecule has 1 N–H and O–H groups in total. The first-order valence-corrected chi connectivity index (χ1v) is 8.20. The van der Waals surface area contributed by atoms with E-state index in [2.05, 4.69) is 10.0 Å². The number of rotatable bonds is 6. The molecular weight excluding hydrogens is 334 g/mol. The standard InChI is InChI=1S/C16H14ClN3O2S/c1-2-13(15(16(21)22)19-20-18)14-9-23-8-11(14)7-10-3-5-12(17)6-4-10/h3-6,8-9H,2,7H2,1H3,(H,21,22). The predicted molar refractivity (Wildman–Crippen MR) is 92.6 cm³/mol. The molecule has 0 atom stereocenters. The lowest BCUT2D eigenvalue weighted by Gasteiger charge is -2.09. The van der Waals surface area contributed by atoms with Crippen molar-refractivity contribution in [1.82, 2.24) is 0 Å². The molecule has 23 heavy (non-hydrogen) atoms. The number of hydrogen-bond donors (Lipinski definition) is 1. The van der Waals surface area contributed by atoms with Crippen LogP contribution in [0.4, 0.5) is 0 Å². The van der Waals surface area contributed by atoms with E-state index >= 15 is 0 Å². The van der Waals surface area contributed by atoms with Gasteiger partial charge >= 0.3 is 5.97 Å². The molecule has 0 aliphatic heterocycles. The minimum absolute atomic E-state index is 0.245. The summed E-state index contributed by atoms with van der Waals surface area (Å²) in [4.78, 5) is 14.0. The number of hydrogen-bond acceptors (Lipinski definition) is 3. The molecule has 1 heterocycles. The Morgan fingerprint density at radius 2 is 2.04 bits per heavy atom. The fourth-order valence-corrected chi connectivity index (χ4v) is 3.31. The van der Waals surface area contributed by atoms with Crippen LogP contribution in [0.1, 0.15) is 30.0 Å². The van der Waals surface area contributed by atoms with Crippen LogP contribution >= 0.6 is 22.9 Å². The van der Waals surface area contributed by atoms with Crippen molar-refractivity contribution >= 4 is 34.5 Å². The second kappa shape index (κ2) is 7.83. The molecule has 0 radical (unpaired) electrons. The maximum atomic E-state index is 11.4. The van der Waals surface area contributed by atoms with Crippen LogP contribution in [0.3, 0.4) is 0 Å². The zero-order valence-electron chi connectivity index (χ0n) is 12.4. The molecule has 0 spiro atoms. The van der Waals surface area contributed by atoms with E-state index < -0.39 is 5.97 Å². The zero-order valence-corrected chi connectivity index (χ0v) is 13.9. The predicted octanol–water partition coefficient (Wildman–Crippen LogP) is 5.51. The molecule has 0 bridgehead atoms. The molecule has 0 aliphatic rings. The highest BCUT2D eigenvalue weighted by Crippen LogP contribution is 2.31. The zero-order chi connectivity index (χ0) is 16.8. The first kappa shape index (κ1) is 17.1.